The molecule has 0 spiro atoms. The van der Waals surface area contributed by atoms with Crippen LogP contribution in [0.1, 0.15) is 0 Å². The molecule has 0 aliphatic rings. The van der Waals surface area contributed by atoms with Crippen LogP contribution in [-0.4, -0.2) is 30.1 Å². The molecule has 0 amide bonds. The van der Waals surface area contributed by atoms with Gasteiger partial charge in [0.05, 0.1) is 4.92 Å². The first kappa shape index (κ1) is 12.3. The van der Waals surface area contributed by atoms with Crippen molar-refractivity contribution in [2.75, 3.05) is 0 Å². The van der Waals surface area contributed by atoms with Gasteiger partial charge in [0.25, 0.3) is 5.69 Å². The second-order valence-corrected chi connectivity index (χ2v) is 4.66. The van der Waals surface area contributed by atoms with Gasteiger partial charge in [-0.05, 0) is 18.2 Å². The van der Waals surface area contributed by atoms with Crippen molar-refractivity contribution in [3.63, 3.8) is 0 Å². The number of hydrogen-bond acceptors (Lipinski definition) is 6. The summed E-state index contributed by atoms with van der Waals surface area (Å²) in [6.45, 7) is 0. The highest BCUT2D eigenvalue weighted by molar-refractivity contribution is 6.04. The number of aromatic nitrogens is 5. The van der Waals surface area contributed by atoms with Crippen molar-refractivity contribution in [1.29, 1.82) is 0 Å². The number of nitrogens with one attached hydrogen (secondary N) is 1. The Morgan fingerprint density at radius 3 is 2.82 bits per heavy atom. The first-order valence-electron chi connectivity index (χ1n) is 6.44. The van der Waals surface area contributed by atoms with Crippen LogP contribution in [0.5, 0.6) is 0 Å². The zero-order valence-electron chi connectivity index (χ0n) is 11.1. The first-order chi connectivity index (χ1) is 10.7. The van der Waals surface area contributed by atoms with E-state index in [1.807, 2.05) is 6.07 Å². The van der Waals surface area contributed by atoms with Crippen LogP contribution in [0, 0.1) is 10.1 Å². The van der Waals surface area contributed by atoms with Gasteiger partial charge in [0, 0.05) is 29.2 Å². The smallest absolute Gasteiger partial charge is 0.270 e. The Morgan fingerprint density at radius 2 is 2.05 bits per heavy atom. The Bertz CT molecular complexity index is 1010. The molecule has 0 unspecified atom stereocenters. The number of aromatic amines is 1. The Hall–Kier alpha value is -3.42. The lowest BCUT2D eigenvalue weighted by atomic mass is 10.2. The molecule has 22 heavy (non-hydrogen) atoms. The van der Waals surface area contributed by atoms with Crippen molar-refractivity contribution in [3.05, 3.63) is 52.7 Å². The Balaban J connectivity index is 1.94. The summed E-state index contributed by atoms with van der Waals surface area (Å²) in [5.41, 5.74) is 2.36. The molecule has 8 nitrogen and oxygen atoms in total. The van der Waals surface area contributed by atoms with Crippen molar-refractivity contribution in [2.45, 2.75) is 0 Å². The molecule has 0 aliphatic carbocycles. The molecule has 8 heteroatoms. The van der Waals surface area contributed by atoms with Crippen LogP contribution < -0.4 is 0 Å². The van der Waals surface area contributed by atoms with E-state index >= 15 is 0 Å². The predicted octanol–water partition coefficient (Wildman–Crippen LogP) is 2.48. The van der Waals surface area contributed by atoms with Gasteiger partial charge >= 0.3 is 0 Å². The highest BCUT2D eigenvalue weighted by Gasteiger charge is 2.14. The standard InChI is InChI=1S/C14H8N6O2/c21-20(22)8-4-5-10-9(7-8)12-14(16-10)17-13(19-18-12)11-3-1-2-6-15-11/h1-7H,(H,16,17,19). The van der Waals surface area contributed by atoms with Gasteiger partial charge in [-0.25, -0.2) is 4.98 Å². The van der Waals surface area contributed by atoms with Crippen molar-refractivity contribution < 1.29 is 4.92 Å². The molecule has 106 valence electrons. The van der Waals surface area contributed by atoms with E-state index in [2.05, 4.69) is 25.1 Å². The Kier molecular flexibility index (Phi) is 2.55. The molecule has 1 aromatic carbocycles. The maximum absolute atomic E-state index is 10.9. The van der Waals surface area contributed by atoms with Crippen LogP contribution in [0.2, 0.25) is 0 Å². The van der Waals surface area contributed by atoms with E-state index in [0.717, 1.165) is 5.52 Å². The van der Waals surface area contributed by atoms with E-state index in [-0.39, 0.29) is 5.69 Å². The SMILES string of the molecule is O=[N+]([O-])c1ccc2[nH]c3nc(-c4ccccn4)nnc3c2c1. The van der Waals surface area contributed by atoms with Gasteiger partial charge in [-0.3, -0.25) is 15.1 Å². The molecular formula is C14H8N6O2. The summed E-state index contributed by atoms with van der Waals surface area (Å²) < 4.78 is 0. The number of rotatable bonds is 2. The van der Waals surface area contributed by atoms with E-state index in [1.54, 1.807) is 24.4 Å². The molecule has 0 radical (unpaired) electrons. The van der Waals surface area contributed by atoms with E-state index in [4.69, 9.17) is 0 Å². The average Bonchev–Trinajstić information content (AvgIpc) is 2.92. The van der Waals surface area contributed by atoms with Crippen molar-refractivity contribution in [3.8, 4) is 11.5 Å². The van der Waals surface area contributed by atoms with Crippen LogP contribution in [0.4, 0.5) is 5.69 Å². The fraction of sp³-hybridized carbons (Fsp3) is 0. The molecule has 0 aliphatic heterocycles. The van der Waals surface area contributed by atoms with Crippen molar-refractivity contribution in [2.24, 2.45) is 0 Å². The topological polar surface area (TPSA) is 110 Å². The number of fused-ring (bicyclic) bond motifs is 3. The number of hydrogen-bond donors (Lipinski definition) is 1. The number of nitrogens with zero attached hydrogens (tertiary/aromatic N) is 5. The molecule has 1 N–H and O–H groups in total. The Labute approximate surface area is 123 Å². The predicted molar refractivity (Wildman–Crippen MR) is 79.1 cm³/mol. The maximum Gasteiger partial charge on any atom is 0.270 e. The minimum atomic E-state index is -0.443. The van der Waals surface area contributed by atoms with Gasteiger partial charge in [0.15, 0.2) is 5.65 Å². The number of nitro benzene ring substituents is 1. The largest absolute Gasteiger partial charge is 0.338 e. The fourth-order valence-corrected chi connectivity index (χ4v) is 2.28. The van der Waals surface area contributed by atoms with Crippen LogP contribution in [0.3, 0.4) is 0 Å². The summed E-state index contributed by atoms with van der Waals surface area (Å²) in [6, 6.07) is 9.96. The first-order valence-corrected chi connectivity index (χ1v) is 6.44. The van der Waals surface area contributed by atoms with Crippen molar-refractivity contribution >= 4 is 27.8 Å². The van der Waals surface area contributed by atoms with Crippen molar-refractivity contribution in [1.82, 2.24) is 25.1 Å². The average molecular weight is 292 g/mol. The third kappa shape index (κ3) is 1.85. The lowest BCUT2D eigenvalue weighted by molar-refractivity contribution is -0.384. The number of nitro groups is 1. The van der Waals surface area contributed by atoms with Gasteiger partial charge in [-0.15, -0.1) is 10.2 Å². The second-order valence-electron chi connectivity index (χ2n) is 4.66. The quantitative estimate of drug-likeness (QED) is 0.449. The third-order valence-corrected chi connectivity index (χ3v) is 3.30. The monoisotopic (exact) mass is 292 g/mol. The van der Waals surface area contributed by atoms with Crippen LogP contribution >= 0.6 is 0 Å². The molecule has 0 fully saturated rings. The fourth-order valence-electron chi connectivity index (χ4n) is 2.28. The van der Waals surface area contributed by atoms with Gasteiger partial charge < -0.3 is 4.98 Å². The maximum atomic E-state index is 10.9. The van der Waals surface area contributed by atoms with E-state index in [1.165, 1.54) is 12.1 Å². The van der Waals surface area contributed by atoms with Gasteiger partial charge in [-0.1, -0.05) is 6.07 Å². The normalized spacial score (nSPS) is 11.1. The molecule has 0 saturated heterocycles. The molecular weight excluding hydrogens is 284 g/mol. The van der Waals surface area contributed by atoms with E-state index in [9.17, 15) is 10.1 Å². The lowest BCUT2D eigenvalue weighted by Crippen LogP contribution is -1.94. The highest BCUT2D eigenvalue weighted by Crippen LogP contribution is 2.26. The molecule has 0 atom stereocenters. The summed E-state index contributed by atoms with van der Waals surface area (Å²) >= 11 is 0. The summed E-state index contributed by atoms with van der Waals surface area (Å²) in [7, 11) is 0. The summed E-state index contributed by atoms with van der Waals surface area (Å²) in [4.78, 5) is 22.1. The molecule has 3 aromatic heterocycles. The third-order valence-electron chi connectivity index (χ3n) is 3.30. The van der Waals surface area contributed by atoms with Gasteiger partial charge in [-0.2, -0.15) is 0 Å². The molecule has 0 saturated carbocycles. The number of H-pyrrole nitrogens is 1. The number of benzene rings is 1. The number of pyridine rings is 1. The van der Waals surface area contributed by atoms with Gasteiger partial charge in [0.1, 0.15) is 11.2 Å². The minimum absolute atomic E-state index is 0.00371. The van der Waals surface area contributed by atoms with E-state index in [0.29, 0.717) is 28.1 Å². The zero-order chi connectivity index (χ0) is 15.1. The second kappa shape index (κ2) is 4.55. The minimum Gasteiger partial charge on any atom is -0.338 e. The Morgan fingerprint density at radius 1 is 1.14 bits per heavy atom. The zero-order valence-corrected chi connectivity index (χ0v) is 11.1. The van der Waals surface area contributed by atoms with E-state index < -0.39 is 4.92 Å². The molecule has 0 bridgehead atoms. The lowest BCUT2D eigenvalue weighted by Gasteiger charge is -1.97. The van der Waals surface area contributed by atoms with Crippen LogP contribution in [0.15, 0.2) is 42.6 Å². The summed E-state index contributed by atoms with van der Waals surface area (Å²) in [6.07, 6.45) is 1.65. The highest BCUT2D eigenvalue weighted by atomic mass is 16.6. The molecule has 4 aromatic rings. The summed E-state index contributed by atoms with van der Waals surface area (Å²) in [5, 5.41) is 19.7. The van der Waals surface area contributed by atoms with Crippen LogP contribution in [0.25, 0.3) is 33.6 Å². The molecule has 4 rings (SSSR count). The molecule has 3 heterocycles. The number of non-ortho nitro benzene ring substituents is 1. The van der Waals surface area contributed by atoms with Crippen LogP contribution in [-0.2, 0) is 0 Å². The summed E-state index contributed by atoms with van der Waals surface area (Å²) in [5.74, 6) is 0.397. The van der Waals surface area contributed by atoms with Gasteiger partial charge in [0.2, 0.25) is 5.82 Å².